The number of hydrogen-bond acceptors (Lipinski definition) is 5. The highest BCUT2D eigenvalue weighted by Gasteiger charge is 2.21. The largest absolute Gasteiger partial charge is 0.469 e. The second-order valence-electron chi connectivity index (χ2n) is 6.43. The molecule has 1 unspecified atom stereocenters. The van der Waals surface area contributed by atoms with Crippen molar-refractivity contribution in [3.8, 4) is 0 Å². The topological polar surface area (TPSA) is 75.7 Å². The number of benzene rings is 1. The molecule has 2 amide bonds. The SMILES string of the molecule is COC(=O)CC(NC(=O)/C=C/c1ccc(N2CCCC2=O)cc1)c1cccs1. The zero-order chi connectivity index (χ0) is 19.9. The Balaban J connectivity index is 1.61. The molecule has 0 spiro atoms. The van der Waals surface area contributed by atoms with Gasteiger partial charge in [-0.2, -0.15) is 0 Å². The maximum Gasteiger partial charge on any atom is 0.307 e. The Morgan fingerprint density at radius 2 is 2.07 bits per heavy atom. The van der Waals surface area contributed by atoms with E-state index < -0.39 is 6.04 Å². The number of thiophene rings is 1. The van der Waals surface area contributed by atoms with Gasteiger partial charge in [0, 0.05) is 29.6 Å². The number of methoxy groups -OCH3 is 1. The van der Waals surface area contributed by atoms with Crippen LogP contribution >= 0.6 is 11.3 Å². The number of ether oxygens (including phenoxy) is 1. The molecule has 1 fully saturated rings. The highest BCUT2D eigenvalue weighted by Crippen LogP contribution is 2.23. The van der Waals surface area contributed by atoms with E-state index in [-0.39, 0.29) is 24.2 Å². The predicted molar refractivity (Wildman–Crippen MR) is 109 cm³/mol. The molecule has 0 radical (unpaired) electrons. The van der Waals surface area contributed by atoms with E-state index in [0.717, 1.165) is 29.1 Å². The molecule has 6 nitrogen and oxygen atoms in total. The molecule has 1 aromatic heterocycles. The van der Waals surface area contributed by atoms with Crippen molar-refractivity contribution in [2.24, 2.45) is 0 Å². The third-order valence-corrected chi connectivity index (χ3v) is 5.49. The van der Waals surface area contributed by atoms with Gasteiger partial charge in [0.25, 0.3) is 0 Å². The molecule has 0 saturated carbocycles. The summed E-state index contributed by atoms with van der Waals surface area (Å²) in [6.07, 6.45) is 4.70. The molecular weight excluding hydrogens is 376 g/mol. The van der Waals surface area contributed by atoms with Crippen molar-refractivity contribution in [3.05, 3.63) is 58.3 Å². The van der Waals surface area contributed by atoms with Crippen LogP contribution in [0.2, 0.25) is 0 Å². The second-order valence-corrected chi connectivity index (χ2v) is 7.41. The van der Waals surface area contributed by atoms with E-state index in [1.54, 1.807) is 11.0 Å². The first kappa shape index (κ1) is 19.8. The Bertz CT molecular complexity index is 859. The fourth-order valence-corrected chi connectivity index (χ4v) is 3.82. The van der Waals surface area contributed by atoms with Crippen molar-refractivity contribution in [2.75, 3.05) is 18.6 Å². The minimum Gasteiger partial charge on any atom is -0.469 e. The molecule has 146 valence electrons. The third-order valence-electron chi connectivity index (χ3n) is 4.51. The Hall–Kier alpha value is -2.93. The number of hydrogen-bond donors (Lipinski definition) is 1. The lowest BCUT2D eigenvalue weighted by Gasteiger charge is -2.15. The van der Waals surface area contributed by atoms with Crippen molar-refractivity contribution < 1.29 is 19.1 Å². The predicted octanol–water partition coefficient (Wildman–Crippen LogP) is 3.31. The summed E-state index contributed by atoms with van der Waals surface area (Å²) in [5.41, 5.74) is 1.73. The van der Waals surface area contributed by atoms with Crippen molar-refractivity contribution in [1.82, 2.24) is 5.32 Å². The van der Waals surface area contributed by atoms with Crippen LogP contribution in [0.5, 0.6) is 0 Å². The molecule has 7 heteroatoms. The standard InChI is InChI=1S/C21H22N2O4S/c1-27-21(26)14-17(18-4-3-13-28-18)22-19(24)11-8-15-6-9-16(10-7-15)23-12-2-5-20(23)25/h3-4,6-11,13,17H,2,5,12,14H2,1H3,(H,22,24)/b11-8+. The minimum atomic E-state index is -0.423. The summed E-state index contributed by atoms with van der Waals surface area (Å²) >= 11 is 1.47. The zero-order valence-corrected chi connectivity index (χ0v) is 16.4. The molecular formula is C21H22N2O4S. The number of carbonyl (C=O) groups is 3. The molecule has 0 aliphatic carbocycles. The first-order valence-electron chi connectivity index (χ1n) is 9.06. The lowest BCUT2D eigenvalue weighted by molar-refractivity contribution is -0.141. The van der Waals surface area contributed by atoms with Crippen LogP contribution in [0.15, 0.2) is 47.9 Å². The Morgan fingerprint density at radius 1 is 1.29 bits per heavy atom. The highest BCUT2D eigenvalue weighted by molar-refractivity contribution is 7.10. The van der Waals surface area contributed by atoms with Gasteiger partial charge in [-0.1, -0.05) is 18.2 Å². The van der Waals surface area contributed by atoms with Gasteiger partial charge in [-0.25, -0.2) is 0 Å². The highest BCUT2D eigenvalue weighted by atomic mass is 32.1. The van der Waals surface area contributed by atoms with E-state index in [4.69, 9.17) is 4.74 Å². The summed E-state index contributed by atoms with van der Waals surface area (Å²) < 4.78 is 4.72. The third kappa shape index (κ3) is 5.07. The molecule has 1 saturated heterocycles. The smallest absolute Gasteiger partial charge is 0.307 e. The fourth-order valence-electron chi connectivity index (χ4n) is 3.04. The number of carbonyl (C=O) groups excluding carboxylic acids is 3. The fraction of sp³-hybridized carbons (Fsp3) is 0.286. The summed E-state index contributed by atoms with van der Waals surface area (Å²) in [6, 6.07) is 10.8. The number of amides is 2. The monoisotopic (exact) mass is 398 g/mol. The van der Waals surface area contributed by atoms with Gasteiger partial charge in [0.05, 0.1) is 19.6 Å². The normalized spacial score (nSPS) is 15.0. The van der Waals surface area contributed by atoms with Gasteiger partial charge in [0.2, 0.25) is 11.8 Å². The maximum absolute atomic E-state index is 12.3. The lowest BCUT2D eigenvalue weighted by Crippen LogP contribution is -2.28. The average Bonchev–Trinajstić information content (AvgIpc) is 3.38. The molecule has 1 atom stereocenters. The van der Waals surface area contributed by atoms with Crippen LogP contribution < -0.4 is 10.2 Å². The van der Waals surface area contributed by atoms with Crippen LogP contribution in [-0.4, -0.2) is 31.4 Å². The summed E-state index contributed by atoms with van der Waals surface area (Å²) in [5.74, 6) is -0.524. The molecule has 2 heterocycles. The van der Waals surface area contributed by atoms with Gasteiger partial charge in [0.1, 0.15) is 0 Å². The number of rotatable bonds is 7. The average molecular weight is 398 g/mol. The lowest BCUT2D eigenvalue weighted by atomic mass is 10.1. The van der Waals surface area contributed by atoms with E-state index in [2.05, 4.69) is 5.32 Å². The Labute approximate surface area is 167 Å². The first-order valence-corrected chi connectivity index (χ1v) is 9.94. The molecule has 1 aromatic carbocycles. The Kier molecular flexibility index (Phi) is 6.60. The van der Waals surface area contributed by atoms with Gasteiger partial charge in [-0.05, 0) is 41.6 Å². The summed E-state index contributed by atoms with van der Waals surface area (Å²) in [4.78, 5) is 38.4. The second kappa shape index (κ2) is 9.32. The summed E-state index contributed by atoms with van der Waals surface area (Å²) in [7, 11) is 1.33. The van der Waals surface area contributed by atoms with E-state index in [0.29, 0.717) is 6.42 Å². The minimum absolute atomic E-state index is 0.0785. The van der Waals surface area contributed by atoms with E-state index in [1.807, 2.05) is 41.8 Å². The molecule has 1 aliphatic heterocycles. The molecule has 3 rings (SSSR count). The number of nitrogens with zero attached hydrogens (tertiary/aromatic N) is 1. The maximum atomic E-state index is 12.3. The quantitative estimate of drug-likeness (QED) is 0.574. The molecule has 1 N–H and O–H groups in total. The van der Waals surface area contributed by atoms with Crippen molar-refractivity contribution >= 4 is 40.9 Å². The van der Waals surface area contributed by atoms with Crippen LogP contribution in [0.25, 0.3) is 6.08 Å². The number of nitrogens with one attached hydrogen (secondary N) is 1. The number of esters is 1. The first-order chi connectivity index (χ1) is 13.6. The van der Waals surface area contributed by atoms with Crippen LogP contribution in [0.4, 0.5) is 5.69 Å². The van der Waals surface area contributed by atoms with Gasteiger partial charge < -0.3 is 15.0 Å². The van der Waals surface area contributed by atoms with Crippen LogP contribution in [0.1, 0.15) is 35.7 Å². The van der Waals surface area contributed by atoms with E-state index in [1.165, 1.54) is 24.5 Å². The van der Waals surface area contributed by atoms with Gasteiger partial charge in [0.15, 0.2) is 0 Å². The van der Waals surface area contributed by atoms with Crippen molar-refractivity contribution in [3.63, 3.8) is 0 Å². The van der Waals surface area contributed by atoms with Gasteiger partial charge in [-0.15, -0.1) is 11.3 Å². The molecule has 2 aromatic rings. The van der Waals surface area contributed by atoms with Crippen LogP contribution in [0, 0.1) is 0 Å². The van der Waals surface area contributed by atoms with Gasteiger partial charge in [-0.3, -0.25) is 14.4 Å². The van der Waals surface area contributed by atoms with E-state index >= 15 is 0 Å². The molecule has 1 aliphatic rings. The van der Waals surface area contributed by atoms with Crippen LogP contribution in [-0.2, 0) is 19.1 Å². The molecule has 28 heavy (non-hydrogen) atoms. The zero-order valence-electron chi connectivity index (χ0n) is 15.6. The molecule has 0 bridgehead atoms. The van der Waals surface area contributed by atoms with Crippen molar-refractivity contribution in [2.45, 2.75) is 25.3 Å². The summed E-state index contributed by atoms with van der Waals surface area (Å²) in [5, 5.41) is 4.74. The van der Waals surface area contributed by atoms with Gasteiger partial charge >= 0.3 is 5.97 Å². The summed E-state index contributed by atoms with van der Waals surface area (Å²) in [6.45, 7) is 0.751. The van der Waals surface area contributed by atoms with E-state index in [9.17, 15) is 14.4 Å². The number of anilines is 1. The van der Waals surface area contributed by atoms with Crippen molar-refractivity contribution in [1.29, 1.82) is 0 Å². The van der Waals surface area contributed by atoms with Crippen LogP contribution in [0.3, 0.4) is 0 Å². The Morgan fingerprint density at radius 3 is 2.68 bits per heavy atom.